The minimum atomic E-state index is -0.532. The number of aromatic nitrogens is 2. The SMILES string of the molecule is CC(C)OCCCn1c(SC(C)C(=O)Nc2ccc(C(N)=O)cc2)nc2ccccc2c1=O. The number of rotatable bonds is 10. The standard InChI is InChI=1S/C24H28N4O4S/c1-15(2)32-14-6-13-28-23(31)19-7-4-5-8-20(19)27-24(28)33-16(3)22(30)26-18-11-9-17(10-12-18)21(25)29/h4-5,7-12,15-16H,6,13-14H2,1-3H3,(H2,25,29)(H,26,30). The number of primary amides is 1. The van der Waals surface area contributed by atoms with Crippen LogP contribution in [0.2, 0.25) is 0 Å². The van der Waals surface area contributed by atoms with E-state index in [2.05, 4.69) is 10.3 Å². The number of carbonyl (C=O) groups is 2. The first kappa shape index (κ1) is 24.5. The van der Waals surface area contributed by atoms with Crippen LogP contribution in [0, 0.1) is 0 Å². The van der Waals surface area contributed by atoms with E-state index in [9.17, 15) is 14.4 Å². The monoisotopic (exact) mass is 468 g/mol. The number of carbonyl (C=O) groups excluding carboxylic acids is 2. The zero-order chi connectivity index (χ0) is 24.0. The van der Waals surface area contributed by atoms with Gasteiger partial charge in [0, 0.05) is 24.4 Å². The van der Waals surface area contributed by atoms with Crippen LogP contribution in [0.15, 0.2) is 58.5 Å². The fourth-order valence-corrected chi connectivity index (χ4v) is 4.08. The molecule has 2 aromatic carbocycles. The summed E-state index contributed by atoms with van der Waals surface area (Å²) in [6.45, 7) is 6.65. The number of hydrogen-bond donors (Lipinski definition) is 2. The van der Waals surface area contributed by atoms with E-state index in [0.29, 0.717) is 46.9 Å². The van der Waals surface area contributed by atoms with Crippen molar-refractivity contribution in [1.29, 1.82) is 0 Å². The van der Waals surface area contributed by atoms with E-state index in [-0.39, 0.29) is 17.6 Å². The Bertz CT molecular complexity index is 1190. The smallest absolute Gasteiger partial charge is 0.262 e. The fraction of sp³-hybridized carbons (Fsp3) is 0.333. The normalized spacial score (nSPS) is 12.1. The quantitative estimate of drug-likeness (QED) is 0.268. The van der Waals surface area contributed by atoms with Gasteiger partial charge in [0.25, 0.3) is 5.56 Å². The number of nitrogens with two attached hydrogens (primary N) is 1. The number of nitrogens with zero attached hydrogens (tertiary/aromatic N) is 2. The first-order valence-corrected chi connectivity index (χ1v) is 11.6. The number of amides is 2. The third-order valence-electron chi connectivity index (χ3n) is 4.89. The third-order valence-corrected chi connectivity index (χ3v) is 5.98. The molecule has 2 amide bonds. The van der Waals surface area contributed by atoms with Gasteiger partial charge in [-0.2, -0.15) is 0 Å². The molecule has 3 aromatic rings. The predicted molar refractivity (Wildman–Crippen MR) is 131 cm³/mol. The molecule has 0 radical (unpaired) electrons. The predicted octanol–water partition coefficient (Wildman–Crippen LogP) is 3.43. The first-order valence-electron chi connectivity index (χ1n) is 10.7. The van der Waals surface area contributed by atoms with E-state index in [1.54, 1.807) is 47.9 Å². The second kappa shape index (κ2) is 11.1. The molecule has 1 heterocycles. The van der Waals surface area contributed by atoms with E-state index in [1.165, 1.54) is 11.8 Å². The fourth-order valence-electron chi connectivity index (χ4n) is 3.15. The van der Waals surface area contributed by atoms with Crippen molar-refractivity contribution in [3.63, 3.8) is 0 Å². The third kappa shape index (κ3) is 6.43. The molecule has 0 spiro atoms. The van der Waals surface area contributed by atoms with Gasteiger partial charge in [0.05, 0.1) is 22.3 Å². The highest BCUT2D eigenvalue weighted by Crippen LogP contribution is 2.24. The largest absolute Gasteiger partial charge is 0.379 e. The molecule has 3 rings (SSSR count). The number of benzene rings is 2. The van der Waals surface area contributed by atoms with E-state index in [0.717, 1.165) is 0 Å². The van der Waals surface area contributed by atoms with Crippen molar-refractivity contribution >= 4 is 40.2 Å². The molecule has 0 bridgehead atoms. The van der Waals surface area contributed by atoms with E-state index < -0.39 is 11.2 Å². The van der Waals surface area contributed by atoms with Gasteiger partial charge in [-0.1, -0.05) is 23.9 Å². The van der Waals surface area contributed by atoms with Crippen LogP contribution in [-0.2, 0) is 16.1 Å². The Morgan fingerprint density at radius 1 is 1.12 bits per heavy atom. The average Bonchev–Trinajstić information content (AvgIpc) is 2.78. The lowest BCUT2D eigenvalue weighted by atomic mass is 10.2. The Morgan fingerprint density at radius 3 is 2.48 bits per heavy atom. The lowest BCUT2D eigenvalue weighted by molar-refractivity contribution is -0.115. The van der Waals surface area contributed by atoms with Crippen LogP contribution in [-0.4, -0.2) is 39.3 Å². The molecule has 0 aliphatic carbocycles. The molecule has 33 heavy (non-hydrogen) atoms. The van der Waals surface area contributed by atoms with Gasteiger partial charge in [-0.05, 0) is 63.6 Å². The van der Waals surface area contributed by atoms with Gasteiger partial charge >= 0.3 is 0 Å². The van der Waals surface area contributed by atoms with Crippen LogP contribution < -0.4 is 16.6 Å². The molecule has 174 valence electrons. The minimum absolute atomic E-state index is 0.117. The molecule has 1 unspecified atom stereocenters. The number of ether oxygens (including phenoxy) is 1. The molecule has 1 aromatic heterocycles. The number of hydrogen-bond acceptors (Lipinski definition) is 6. The van der Waals surface area contributed by atoms with Crippen LogP contribution in [0.1, 0.15) is 37.6 Å². The van der Waals surface area contributed by atoms with Gasteiger partial charge in [-0.15, -0.1) is 0 Å². The molecule has 1 atom stereocenters. The second-order valence-corrected chi connectivity index (χ2v) is 9.14. The summed E-state index contributed by atoms with van der Waals surface area (Å²) in [7, 11) is 0. The summed E-state index contributed by atoms with van der Waals surface area (Å²) in [5.74, 6) is -0.778. The number of fused-ring (bicyclic) bond motifs is 1. The van der Waals surface area contributed by atoms with Crippen molar-refractivity contribution in [3.05, 3.63) is 64.4 Å². The van der Waals surface area contributed by atoms with Crippen molar-refractivity contribution in [3.8, 4) is 0 Å². The van der Waals surface area contributed by atoms with Crippen LogP contribution in [0.4, 0.5) is 5.69 Å². The highest BCUT2D eigenvalue weighted by molar-refractivity contribution is 8.00. The Labute approximate surface area is 196 Å². The van der Waals surface area contributed by atoms with Crippen molar-refractivity contribution < 1.29 is 14.3 Å². The second-order valence-electron chi connectivity index (χ2n) is 7.83. The number of nitrogens with one attached hydrogen (secondary N) is 1. The lowest BCUT2D eigenvalue weighted by Gasteiger charge is -2.17. The Kier molecular flexibility index (Phi) is 8.24. The highest BCUT2D eigenvalue weighted by atomic mass is 32.2. The maximum atomic E-state index is 13.1. The number of thioether (sulfide) groups is 1. The molecule has 3 N–H and O–H groups in total. The summed E-state index contributed by atoms with van der Waals surface area (Å²) in [5.41, 5.74) is 6.62. The molecular formula is C24H28N4O4S. The Hall–Kier alpha value is -3.17. The van der Waals surface area contributed by atoms with Crippen LogP contribution in [0.3, 0.4) is 0 Å². The van der Waals surface area contributed by atoms with E-state index >= 15 is 0 Å². The maximum absolute atomic E-state index is 13.1. The van der Waals surface area contributed by atoms with Crippen molar-refractivity contribution in [2.24, 2.45) is 5.73 Å². The zero-order valence-electron chi connectivity index (χ0n) is 18.9. The van der Waals surface area contributed by atoms with Crippen molar-refractivity contribution in [1.82, 2.24) is 9.55 Å². The van der Waals surface area contributed by atoms with E-state index in [4.69, 9.17) is 10.5 Å². The lowest BCUT2D eigenvalue weighted by Crippen LogP contribution is -2.27. The molecule has 0 saturated carbocycles. The van der Waals surface area contributed by atoms with E-state index in [1.807, 2.05) is 26.0 Å². The summed E-state index contributed by atoms with van der Waals surface area (Å²) in [4.78, 5) is 41.8. The average molecular weight is 469 g/mol. The summed E-state index contributed by atoms with van der Waals surface area (Å²) < 4.78 is 7.22. The summed E-state index contributed by atoms with van der Waals surface area (Å²) in [6.07, 6.45) is 0.768. The minimum Gasteiger partial charge on any atom is -0.379 e. The van der Waals surface area contributed by atoms with Gasteiger partial charge in [0.15, 0.2) is 5.16 Å². The number of anilines is 1. The van der Waals surface area contributed by atoms with Gasteiger partial charge in [-0.25, -0.2) is 4.98 Å². The zero-order valence-corrected chi connectivity index (χ0v) is 19.7. The molecule has 8 nitrogen and oxygen atoms in total. The van der Waals surface area contributed by atoms with Gasteiger partial charge in [0.2, 0.25) is 11.8 Å². The molecule has 0 aliphatic rings. The molecule has 9 heteroatoms. The summed E-state index contributed by atoms with van der Waals surface area (Å²) >= 11 is 1.22. The topological polar surface area (TPSA) is 116 Å². The van der Waals surface area contributed by atoms with Crippen molar-refractivity contribution in [2.45, 2.75) is 50.2 Å². The first-order chi connectivity index (χ1) is 15.8. The Morgan fingerprint density at radius 2 is 1.82 bits per heavy atom. The summed E-state index contributed by atoms with van der Waals surface area (Å²) in [5, 5.41) is 3.32. The van der Waals surface area contributed by atoms with Crippen LogP contribution >= 0.6 is 11.8 Å². The van der Waals surface area contributed by atoms with Gasteiger partial charge in [0.1, 0.15) is 0 Å². The molecule has 0 aliphatic heterocycles. The number of para-hydroxylation sites is 1. The molecule has 0 fully saturated rings. The highest BCUT2D eigenvalue weighted by Gasteiger charge is 2.20. The van der Waals surface area contributed by atoms with Gasteiger partial charge < -0.3 is 15.8 Å². The maximum Gasteiger partial charge on any atom is 0.262 e. The van der Waals surface area contributed by atoms with Crippen molar-refractivity contribution in [2.75, 3.05) is 11.9 Å². The molecule has 0 saturated heterocycles. The van der Waals surface area contributed by atoms with Gasteiger partial charge in [-0.3, -0.25) is 19.0 Å². The molecular weight excluding hydrogens is 440 g/mol. The van der Waals surface area contributed by atoms with Crippen LogP contribution in [0.5, 0.6) is 0 Å². The summed E-state index contributed by atoms with van der Waals surface area (Å²) in [6, 6.07) is 13.5. The van der Waals surface area contributed by atoms with Crippen LogP contribution in [0.25, 0.3) is 10.9 Å². The Balaban J connectivity index is 1.79.